The molecule has 5 heteroatoms. The van der Waals surface area contributed by atoms with E-state index in [1.165, 1.54) is 0 Å². The number of hydrogen-bond donors (Lipinski definition) is 2. The lowest BCUT2D eigenvalue weighted by atomic mass is 9.95. The van der Waals surface area contributed by atoms with E-state index < -0.39 is 17.9 Å². The average Bonchev–Trinajstić information content (AvgIpc) is 2.98. The van der Waals surface area contributed by atoms with Crippen molar-refractivity contribution in [1.82, 2.24) is 5.32 Å². The molecule has 0 saturated heterocycles. The van der Waals surface area contributed by atoms with Gasteiger partial charge in [0.25, 0.3) is 0 Å². The highest BCUT2D eigenvalue weighted by molar-refractivity contribution is 5.89. The molecular formula is C20H21NO4. The molecule has 1 amide bonds. The molecule has 2 aromatic carbocycles. The Bertz CT molecular complexity index is 801. The van der Waals surface area contributed by atoms with Crippen LogP contribution in [0.25, 0.3) is 0 Å². The summed E-state index contributed by atoms with van der Waals surface area (Å²) in [6.07, 6.45) is 0.245. The molecule has 1 unspecified atom stereocenters. The summed E-state index contributed by atoms with van der Waals surface area (Å²) in [5.74, 6) is -1.13. The van der Waals surface area contributed by atoms with Crippen LogP contribution in [0.15, 0.2) is 42.5 Å². The summed E-state index contributed by atoms with van der Waals surface area (Å²) in [5, 5.41) is 12.1. The first-order valence-corrected chi connectivity index (χ1v) is 8.26. The molecule has 1 aliphatic rings. The molecule has 0 aromatic heterocycles. The summed E-state index contributed by atoms with van der Waals surface area (Å²) in [6, 6.07) is 12.2. The number of carbonyl (C=O) groups excluding carboxylic acids is 1. The predicted octanol–water partition coefficient (Wildman–Crippen LogP) is 2.59. The van der Waals surface area contributed by atoms with Crippen molar-refractivity contribution in [3.8, 4) is 5.75 Å². The number of carboxylic acid groups (broad SMARTS) is 1. The van der Waals surface area contributed by atoms with Crippen LogP contribution in [0.3, 0.4) is 0 Å². The van der Waals surface area contributed by atoms with Gasteiger partial charge in [0.15, 0.2) is 0 Å². The van der Waals surface area contributed by atoms with Crippen molar-refractivity contribution >= 4 is 11.9 Å². The first-order valence-electron chi connectivity index (χ1n) is 8.26. The van der Waals surface area contributed by atoms with Crippen LogP contribution in [0.5, 0.6) is 5.75 Å². The number of aliphatic carboxylic acids is 1. The maximum Gasteiger partial charge on any atom is 0.326 e. The van der Waals surface area contributed by atoms with Crippen molar-refractivity contribution in [2.24, 2.45) is 0 Å². The highest BCUT2D eigenvalue weighted by Gasteiger charge is 2.33. The molecule has 0 fully saturated rings. The highest BCUT2D eigenvalue weighted by Crippen LogP contribution is 2.36. The second-order valence-electron chi connectivity index (χ2n) is 6.43. The highest BCUT2D eigenvalue weighted by atomic mass is 16.5. The fourth-order valence-electron chi connectivity index (χ4n) is 3.01. The number of benzene rings is 2. The number of nitrogens with one attached hydrogen (secondary N) is 1. The zero-order valence-electron chi connectivity index (χ0n) is 14.3. The van der Waals surface area contributed by atoms with Crippen molar-refractivity contribution in [3.63, 3.8) is 0 Å². The minimum atomic E-state index is -1.04. The van der Waals surface area contributed by atoms with Gasteiger partial charge in [0.05, 0.1) is 0 Å². The average molecular weight is 339 g/mol. The Labute approximate surface area is 146 Å². The zero-order chi connectivity index (χ0) is 18.0. The topological polar surface area (TPSA) is 75.6 Å². The third kappa shape index (κ3) is 3.65. The van der Waals surface area contributed by atoms with Crippen LogP contribution in [-0.2, 0) is 16.0 Å². The standard InChI is InChI=1S/C20H21NO4/c1-12-8-15-16(11-25-18(15)9-13(12)2)19(22)21-17(20(23)24)10-14-6-4-3-5-7-14/h3-9,16-17H,10-11H2,1-2H3,(H,21,22)(H,23,24)/t16?,17-/m0/s1. The molecule has 2 N–H and O–H groups in total. The molecule has 0 radical (unpaired) electrons. The molecule has 2 aromatic rings. The third-order valence-corrected chi connectivity index (χ3v) is 4.62. The molecule has 0 spiro atoms. The smallest absolute Gasteiger partial charge is 0.326 e. The predicted molar refractivity (Wildman–Crippen MR) is 93.9 cm³/mol. The van der Waals surface area contributed by atoms with Gasteiger partial charge in [-0.05, 0) is 36.6 Å². The fourth-order valence-corrected chi connectivity index (χ4v) is 3.01. The van der Waals surface area contributed by atoms with Crippen molar-refractivity contribution in [2.75, 3.05) is 6.61 Å². The van der Waals surface area contributed by atoms with Gasteiger partial charge in [-0.15, -0.1) is 0 Å². The number of carbonyl (C=O) groups is 2. The second-order valence-corrected chi connectivity index (χ2v) is 6.43. The summed E-state index contributed by atoms with van der Waals surface area (Å²) >= 11 is 0. The van der Waals surface area contributed by atoms with Crippen molar-refractivity contribution in [3.05, 3.63) is 64.7 Å². The number of aryl methyl sites for hydroxylation is 2. The molecule has 1 aliphatic heterocycles. The summed E-state index contributed by atoms with van der Waals surface area (Å²) in [4.78, 5) is 24.2. The van der Waals surface area contributed by atoms with Crippen molar-refractivity contribution < 1.29 is 19.4 Å². The summed E-state index contributed by atoms with van der Waals surface area (Å²) in [6.45, 7) is 4.22. The number of carboxylic acids is 1. The van der Waals surface area contributed by atoms with Crippen LogP contribution in [0.2, 0.25) is 0 Å². The maximum absolute atomic E-state index is 12.7. The molecule has 5 nitrogen and oxygen atoms in total. The molecule has 0 bridgehead atoms. The lowest BCUT2D eigenvalue weighted by Crippen LogP contribution is -2.44. The number of fused-ring (bicyclic) bond motifs is 1. The first kappa shape index (κ1) is 17.0. The lowest BCUT2D eigenvalue weighted by molar-refractivity contribution is -0.142. The van der Waals surface area contributed by atoms with Gasteiger partial charge in [0.1, 0.15) is 24.3 Å². The molecule has 0 aliphatic carbocycles. The zero-order valence-corrected chi connectivity index (χ0v) is 14.3. The maximum atomic E-state index is 12.7. The Morgan fingerprint density at radius 2 is 1.88 bits per heavy atom. The molecule has 130 valence electrons. The molecule has 25 heavy (non-hydrogen) atoms. The quantitative estimate of drug-likeness (QED) is 0.878. The summed E-state index contributed by atoms with van der Waals surface area (Å²) in [5.41, 5.74) is 3.88. The largest absolute Gasteiger partial charge is 0.492 e. The summed E-state index contributed by atoms with van der Waals surface area (Å²) in [7, 11) is 0. The molecule has 1 heterocycles. The number of rotatable bonds is 5. The third-order valence-electron chi connectivity index (χ3n) is 4.62. The van der Waals surface area contributed by atoms with Gasteiger partial charge < -0.3 is 15.2 Å². The van der Waals surface area contributed by atoms with Crippen molar-refractivity contribution in [2.45, 2.75) is 32.2 Å². The summed E-state index contributed by atoms with van der Waals surface area (Å²) < 4.78 is 5.62. The van der Waals surface area contributed by atoms with Crippen LogP contribution in [0, 0.1) is 13.8 Å². The Hall–Kier alpha value is -2.82. The van der Waals surface area contributed by atoms with Crippen LogP contribution in [0.4, 0.5) is 0 Å². The SMILES string of the molecule is Cc1cc2c(cc1C)C(C(=O)N[C@@H](Cc1ccccc1)C(=O)O)CO2. The monoisotopic (exact) mass is 339 g/mol. The van der Waals surface area contributed by atoms with Gasteiger partial charge in [-0.2, -0.15) is 0 Å². The van der Waals surface area contributed by atoms with Gasteiger partial charge in [0.2, 0.25) is 5.91 Å². The molecule has 2 atom stereocenters. The fraction of sp³-hybridized carbons (Fsp3) is 0.300. The van der Waals surface area contributed by atoms with Gasteiger partial charge in [-0.1, -0.05) is 36.4 Å². The van der Waals surface area contributed by atoms with Crippen LogP contribution < -0.4 is 10.1 Å². The van der Waals surface area contributed by atoms with Gasteiger partial charge in [0, 0.05) is 12.0 Å². The van der Waals surface area contributed by atoms with E-state index in [4.69, 9.17) is 4.74 Å². The van der Waals surface area contributed by atoms with E-state index in [9.17, 15) is 14.7 Å². The Kier molecular flexibility index (Phi) is 4.74. The molecular weight excluding hydrogens is 318 g/mol. The van der Waals surface area contributed by atoms with E-state index in [-0.39, 0.29) is 18.9 Å². The minimum absolute atomic E-state index is 0.238. The van der Waals surface area contributed by atoms with Gasteiger partial charge >= 0.3 is 5.97 Å². The molecule has 0 saturated carbocycles. The van der Waals surface area contributed by atoms with E-state index in [0.29, 0.717) is 5.75 Å². The Morgan fingerprint density at radius 3 is 2.56 bits per heavy atom. The van der Waals surface area contributed by atoms with E-state index >= 15 is 0 Å². The van der Waals surface area contributed by atoms with Crippen LogP contribution >= 0.6 is 0 Å². The van der Waals surface area contributed by atoms with Gasteiger partial charge in [-0.25, -0.2) is 4.79 Å². The van der Waals surface area contributed by atoms with Crippen molar-refractivity contribution in [1.29, 1.82) is 0 Å². The minimum Gasteiger partial charge on any atom is -0.492 e. The number of amides is 1. The van der Waals surface area contributed by atoms with E-state index in [1.807, 2.05) is 56.3 Å². The van der Waals surface area contributed by atoms with E-state index in [2.05, 4.69) is 5.32 Å². The Balaban J connectivity index is 1.75. The van der Waals surface area contributed by atoms with E-state index in [0.717, 1.165) is 22.3 Å². The number of ether oxygens (including phenoxy) is 1. The van der Waals surface area contributed by atoms with Crippen LogP contribution in [-0.4, -0.2) is 29.6 Å². The second kappa shape index (κ2) is 6.97. The van der Waals surface area contributed by atoms with Crippen LogP contribution in [0.1, 0.15) is 28.2 Å². The van der Waals surface area contributed by atoms with Gasteiger partial charge in [-0.3, -0.25) is 4.79 Å². The first-order chi connectivity index (χ1) is 12.0. The normalized spacial score (nSPS) is 16.6. The lowest BCUT2D eigenvalue weighted by Gasteiger charge is -2.17. The Morgan fingerprint density at radius 1 is 1.20 bits per heavy atom. The number of hydrogen-bond acceptors (Lipinski definition) is 3. The van der Waals surface area contributed by atoms with E-state index in [1.54, 1.807) is 0 Å². The molecule has 3 rings (SSSR count).